The van der Waals surface area contributed by atoms with Gasteiger partial charge in [0.05, 0.1) is 10.9 Å². The van der Waals surface area contributed by atoms with E-state index in [0.29, 0.717) is 21.7 Å². The van der Waals surface area contributed by atoms with Crippen molar-refractivity contribution in [2.45, 2.75) is 30.3 Å². The molecule has 7 nitrogen and oxygen atoms in total. The molecule has 3 aromatic rings. The number of anilines is 1. The maximum atomic E-state index is 13.3. The second kappa shape index (κ2) is 5.04. The normalized spacial score (nSPS) is 29.0. The molecule has 4 aliphatic heterocycles. The molecule has 8 heteroatoms. The first-order chi connectivity index (χ1) is 13.9. The minimum absolute atomic E-state index is 0.196. The largest absolute Gasteiger partial charge is 0.340 e. The molecular weight excluding hydrogens is 392 g/mol. The van der Waals surface area contributed by atoms with Crippen LogP contribution in [0.5, 0.6) is 0 Å². The molecule has 0 saturated carbocycles. The molecule has 2 aromatic carbocycles. The number of nitrogens with one attached hydrogen (secondary N) is 2. The fraction of sp³-hybridized carbons (Fsp3) is 0.238. The number of piperidine rings is 1. The summed E-state index contributed by atoms with van der Waals surface area (Å²) in [5.41, 5.74) is -0.561. The second-order valence-corrected chi connectivity index (χ2v) is 8.45. The van der Waals surface area contributed by atoms with E-state index in [2.05, 4.69) is 10.6 Å². The lowest BCUT2D eigenvalue weighted by atomic mass is 9.58. The molecule has 1 aromatic heterocycles. The van der Waals surface area contributed by atoms with Crippen LogP contribution in [0.1, 0.15) is 30.8 Å². The van der Waals surface area contributed by atoms with Gasteiger partial charge in [0.25, 0.3) is 5.56 Å². The summed E-state index contributed by atoms with van der Waals surface area (Å²) < 4.78 is 1.45. The van der Waals surface area contributed by atoms with Crippen molar-refractivity contribution in [2.24, 2.45) is 0 Å². The fourth-order valence-electron chi connectivity index (χ4n) is 5.31. The molecule has 5 heterocycles. The molecule has 0 unspecified atom stereocenters. The van der Waals surface area contributed by atoms with Gasteiger partial charge in [-0.2, -0.15) is 0 Å². The van der Waals surface area contributed by atoms with Crippen LogP contribution in [0.2, 0.25) is 5.02 Å². The van der Waals surface area contributed by atoms with E-state index in [1.54, 1.807) is 25.1 Å². The van der Waals surface area contributed by atoms with Crippen molar-refractivity contribution in [3.05, 3.63) is 69.2 Å². The molecule has 1 fully saturated rings. The Labute approximate surface area is 169 Å². The van der Waals surface area contributed by atoms with Crippen molar-refractivity contribution in [1.82, 2.24) is 14.9 Å². The maximum absolute atomic E-state index is 13.3. The van der Waals surface area contributed by atoms with Crippen molar-refractivity contribution < 1.29 is 9.59 Å². The van der Waals surface area contributed by atoms with Gasteiger partial charge in [-0.1, -0.05) is 29.8 Å². The number of para-hydroxylation sites is 1. The molecule has 144 valence electrons. The summed E-state index contributed by atoms with van der Waals surface area (Å²) in [5.74, 6) is -0.0992. The summed E-state index contributed by atoms with van der Waals surface area (Å²) in [4.78, 5) is 44.2. The Bertz CT molecular complexity index is 1350. The molecular formula is C21H15ClN4O3. The quantitative estimate of drug-likeness (QED) is 0.598. The Morgan fingerprint density at radius 3 is 2.79 bits per heavy atom. The van der Waals surface area contributed by atoms with E-state index in [-0.39, 0.29) is 23.8 Å². The third-order valence-electron chi connectivity index (χ3n) is 6.67. The number of hydrogen-bond acceptors (Lipinski definition) is 4. The van der Waals surface area contributed by atoms with E-state index >= 15 is 0 Å². The second-order valence-electron chi connectivity index (χ2n) is 8.01. The van der Waals surface area contributed by atoms with E-state index in [9.17, 15) is 14.4 Å². The summed E-state index contributed by atoms with van der Waals surface area (Å²) in [6, 6.07) is 11.5. The Morgan fingerprint density at radius 1 is 1.17 bits per heavy atom. The first kappa shape index (κ1) is 16.7. The summed E-state index contributed by atoms with van der Waals surface area (Å²) in [7, 11) is 0. The van der Waals surface area contributed by atoms with Crippen molar-refractivity contribution >= 4 is 40.0 Å². The third-order valence-corrected chi connectivity index (χ3v) is 6.91. The molecule has 1 saturated heterocycles. The van der Waals surface area contributed by atoms with E-state index in [1.165, 1.54) is 4.57 Å². The lowest BCUT2D eigenvalue weighted by molar-refractivity contribution is -0.142. The first-order valence-corrected chi connectivity index (χ1v) is 9.70. The van der Waals surface area contributed by atoms with Gasteiger partial charge in [-0.15, -0.1) is 0 Å². The smallest absolute Gasteiger partial charge is 0.262 e. The summed E-state index contributed by atoms with van der Waals surface area (Å²) >= 11 is 6.12. The topological polar surface area (TPSA) is 93.1 Å². The number of halogens is 1. The standard InChI is InChI=1S/C21H15ClN4O3/c1-20-18-23-14-8-10(22)6-7-11(14)17(28)26(18)15(16(27)25-20)9-21(20)12-4-2-3-5-13(12)24-19(21)29/h2-8,15H,9H2,1H3,(H,24,29)(H,25,27)/t15-,20-,21+/m0/s1. The van der Waals surface area contributed by atoms with E-state index in [4.69, 9.17) is 16.6 Å². The van der Waals surface area contributed by atoms with E-state index in [0.717, 1.165) is 11.3 Å². The Balaban J connectivity index is 1.74. The molecule has 2 bridgehead atoms. The number of aromatic nitrogens is 2. The predicted molar refractivity (Wildman–Crippen MR) is 107 cm³/mol. The van der Waals surface area contributed by atoms with Gasteiger partial charge in [0.2, 0.25) is 11.8 Å². The molecule has 0 aliphatic carbocycles. The van der Waals surface area contributed by atoms with Gasteiger partial charge in [-0.05, 0) is 43.2 Å². The predicted octanol–water partition coefficient (Wildman–Crippen LogP) is 2.23. The molecule has 1 spiro atoms. The van der Waals surface area contributed by atoms with Crippen LogP contribution in [-0.4, -0.2) is 21.4 Å². The molecule has 2 amide bonds. The number of rotatable bonds is 0. The van der Waals surface area contributed by atoms with E-state index < -0.39 is 17.0 Å². The summed E-state index contributed by atoms with van der Waals surface area (Å²) in [6.07, 6.45) is 0.200. The molecule has 0 radical (unpaired) electrons. The SMILES string of the molecule is C[C@@]12NC(=O)[C@H](C[C@@]13C(=O)Nc1ccccc13)n1c2nc2cc(Cl)ccc2c1=O. The lowest BCUT2D eigenvalue weighted by Crippen LogP contribution is -2.72. The minimum Gasteiger partial charge on any atom is -0.340 e. The number of amides is 2. The average molecular weight is 407 g/mol. The monoisotopic (exact) mass is 406 g/mol. The number of hydrogen-bond donors (Lipinski definition) is 2. The molecule has 4 aliphatic rings. The van der Waals surface area contributed by atoms with Crippen molar-refractivity contribution in [3.63, 3.8) is 0 Å². The molecule has 3 atom stereocenters. The highest BCUT2D eigenvalue weighted by Gasteiger charge is 2.69. The van der Waals surface area contributed by atoms with Crippen LogP contribution < -0.4 is 16.2 Å². The zero-order valence-corrected chi connectivity index (χ0v) is 16.1. The number of carbonyl (C=O) groups is 2. The Morgan fingerprint density at radius 2 is 1.97 bits per heavy atom. The highest BCUT2D eigenvalue weighted by molar-refractivity contribution is 6.31. The van der Waals surface area contributed by atoms with Crippen molar-refractivity contribution in [1.29, 1.82) is 0 Å². The van der Waals surface area contributed by atoms with E-state index in [1.807, 2.05) is 24.3 Å². The fourth-order valence-corrected chi connectivity index (χ4v) is 5.47. The van der Waals surface area contributed by atoms with Gasteiger partial charge < -0.3 is 10.6 Å². The zero-order valence-electron chi connectivity index (χ0n) is 15.3. The van der Waals surface area contributed by atoms with Crippen LogP contribution in [0.4, 0.5) is 5.69 Å². The summed E-state index contributed by atoms with van der Waals surface area (Å²) in [6.45, 7) is 1.77. The van der Waals surface area contributed by atoms with Crippen LogP contribution in [0, 0.1) is 0 Å². The van der Waals surface area contributed by atoms with Crippen LogP contribution in [0.25, 0.3) is 10.9 Å². The van der Waals surface area contributed by atoms with Crippen LogP contribution in [0.15, 0.2) is 47.3 Å². The Hall–Kier alpha value is -3.19. The van der Waals surface area contributed by atoms with Crippen molar-refractivity contribution in [2.75, 3.05) is 5.32 Å². The highest BCUT2D eigenvalue weighted by atomic mass is 35.5. The number of fused-ring (bicyclic) bond motifs is 3. The van der Waals surface area contributed by atoms with Gasteiger partial charge in [-0.25, -0.2) is 4.98 Å². The van der Waals surface area contributed by atoms with Gasteiger partial charge in [0.1, 0.15) is 22.8 Å². The van der Waals surface area contributed by atoms with Crippen molar-refractivity contribution in [3.8, 4) is 0 Å². The van der Waals surface area contributed by atoms with Gasteiger partial charge in [0.15, 0.2) is 0 Å². The number of nitrogens with zero attached hydrogens (tertiary/aromatic N) is 2. The Kier molecular flexibility index (Phi) is 2.91. The van der Waals surface area contributed by atoms with Gasteiger partial charge in [-0.3, -0.25) is 19.0 Å². The zero-order chi connectivity index (χ0) is 20.1. The average Bonchev–Trinajstić information content (AvgIpc) is 2.96. The number of benzene rings is 2. The van der Waals surface area contributed by atoms with Crippen LogP contribution >= 0.6 is 11.6 Å². The van der Waals surface area contributed by atoms with Crippen LogP contribution in [-0.2, 0) is 20.5 Å². The van der Waals surface area contributed by atoms with Gasteiger partial charge in [0, 0.05) is 10.7 Å². The molecule has 7 rings (SSSR count). The number of carbonyl (C=O) groups excluding carboxylic acids is 2. The first-order valence-electron chi connectivity index (χ1n) is 9.32. The lowest BCUT2D eigenvalue weighted by Gasteiger charge is -2.55. The van der Waals surface area contributed by atoms with Gasteiger partial charge >= 0.3 is 0 Å². The third kappa shape index (κ3) is 1.75. The maximum Gasteiger partial charge on any atom is 0.262 e. The minimum atomic E-state index is -1.19. The molecule has 2 N–H and O–H groups in total. The molecule has 29 heavy (non-hydrogen) atoms. The van der Waals surface area contributed by atoms with Crippen LogP contribution in [0.3, 0.4) is 0 Å². The summed E-state index contributed by atoms with van der Waals surface area (Å²) in [5, 5.41) is 6.81. The highest BCUT2D eigenvalue weighted by Crippen LogP contribution is 2.58.